The van der Waals surface area contributed by atoms with Gasteiger partial charge < -0.3 is 5.11 Å². The van der Waals surface area contributed by atoms with Gasteiger partial charge in [-0.25, -0.2) is 0 Å². The molecule has 4 rings (SSSR count). The highest BCUT2D eigenvalue weighted by Gasteiger charge is 2.61. The average Bonchev–Trinajstić information content (AvgIpc) is 2.86. The van der Waals surface area contributed by atoms with Crippen LogP contribution in [0.25, 0.3) is 0 Å². The van der Waals surface area contributed by atoms with Crippen molar-refractivity contribution in [1.82, 2.24) is 0 Å². The molecule has 0 aliphatic heterocycles. The van der Waals surface area contributed by atoms with Gasteiger partial charge in [0, 0.05) is 31.3 Å². The van der Waals surface area contributed by atoms with Crippen LogP contribution in [0.5, 0.6) is 0 Å². The zero-order valence-corrected chi connectivity index (χ0v) is 14.4. The summed E-state index contributed by atoms with van der Waals surface area (Å²) >= 11 is 0. The van der Waals surface area contributed by atoms with Crippen molar-refractivity contribution in [3.05, 3.63) is 0 Å². The first-order chi connectivity index (χ1) is 11.0. The van der Waals surface area contributed by atoms with Crippen LogP contribution in [0.3, 0.4) is 0 Å². The van der Waals surface area contributed by atoms with E-state index in [0.717, 1.165) is 44.9 Å². The lowest BCUT2D eigenvalue weighted by Gasteiger charge is -2.59. The fraction of sp³-hybridized carbons (Fsp3) is 0.900. The van der Waals surface area contributed by atoms with Crippen molar-refractivity contribution < 1.29 is 14.7 Å². The monoisotopic (exact) mass is 318 g/mol. The van der Waals surface area contributed by atoms with E-state index >= 15 is 0 Å². The van der Waals surface area contributed by atoms with E-state index in [9.17, 15) is 14.7 Å². The van der Waals surface area contributed by atoms with Gasteiger partial charge in [0.2, 0.25) is 0 Å². The average molecular weight is 318 g/mol. The van der Waals surface area contributed by atoms with Crippen molar-refractivity contribution >= 4 is 11.6 Å². The van der Waals surface area contributed by atoms with Gasteiger partial charge in [-0.15, -0.1) is 0 Å². The molecular formula is C20H30O3. The largest absolute Gasteiger partial charge is 0.396 e. The third-order valence-corrected chi connectivity index (χ3v) is 8.49. The maximum Gasteiger partial charge on any atom is 0.139 e. The predicted molar refractivity (Wildman–Crippen MR) is 87.8 cm³/mol. The second kappa shape index (κ2) is 5.40. The number of aliphatic hydroxyl groups is 1. The fourth-order valence-electron chi connectivity index (χ4n) is 7.28. The number of ketones is 2. The molecule has 4 saturated carbocycles. The van der Waals surface area contributed by atoms with E-state index in [4.69, 9.17) is 0 Å². The second-order valence-electron chi connectivity index (χ2n) is 9.03. The topological polar surface area (TPSA) is 54.4 Å². The normalized spacial score (nSPS) is 49.5. The molecule has 0 amide bonds. The van der Waals surface area contributed by atoms with Crippen molar-refractivity contribution in [3.63, 3.8) is 0 Å². The highest BCUT2D eigenvalue weighted by atomic mass is 16.3. The Morgan fingerprint density at radius 1 is 1.04 bits per heavy atom. The van der Waals surface area contributed by atoms with Gasteiger partial charge in [0.1, 0.15) is 11.6 Å². The van der Waals surface area contributed by atoms with E-state index in [0.29, 0.717) is 47.1 Å². The van der Waals surface area contributed by atoms with Crippen LogP contribution in [0.2, 0.25) is 0 Å². The molecule has 0 bridgehead atoms. The Morgan fingerprint density at radius 3 is 2.65 bits per heavy atom. The van der Waals surface area contributed by atoms with Gasteiger partial charge in [-0.05, 0) is 74.0 Å². The van der Waals surface area contributed by atoms with Gasteiger partial charge in [0.05, 0.1) is 0 Å². The third kappa shape index (κ3) is 2.11. The van der Waals surface area contributed by atoms with Gasteiger partial charge in [-0.1, -0.05) is 6.92 Å². The Hall–Kier alpha value is -0.700. The number of Topliss-reactive ketones (excluding diaryl/α,β-unsaturated/α-hetero) is 2. The molecule has 0 aromatic heterocycles. The molecule has 0 aromatic carbocycles. The van der Waals surface area contributed by atoms with E-state index in [1.54, 1.807) is 0 Å². The number of hydrogen-bond acceptors (Lipinski definition) is 3. The van der Waals surface area contributed by atoms with E-state index in [1.165, 1.54) is 12.8 Å². The van der Waals surface area contributed by atoms with Gasteiger partial charge in [0.15, 0.2) is 0 Å². The summed E-state index contributed by atoms with van der Waals surface area (Å²) in [5, 5.41) is 9.55. The van der Waals surface area contributed by atoms with Crippen molar-refractivity contribution in [2.75, 3.05) is 6.61 Å². The highest BCUT2D eigenvalue weighted by molar-refractivity contribution is 5.87. The highest BCUT2D eigenvalue weighted by Crippen LogP contribution is 2.65. The Kier molecular flexibility index (Phi) is 3.71. The lowest BCUT2D eigenvalue weighted by atomic mass is 9.45. The van der Waals surface area contributed by atoms with Gasteiger partial charge in [0.25, 0.3) is 0 Å². The number of carbonyl (C=O) groups is 2. The van der Waals surface area contributed by atoms with E-state index in [1.807, 2.05) is 0 Å². The fourth-order valence-corrected chi connectivity index (χ4v) is 7.28. The summed E-state index contributed by atoms with van der Waals surface area (Å²) in [5.74, 6) is 3.31. The summed E-state index contributed by atoms with van der Waals surface area (Å²) in [4.78, 5) is 24.6. The summed E-state index contributed by atoms with van der Waals surface area (Å²) in [6.07, 6.45) is 9.55. The first-order valence-electron chi connectivity index (χ1n) is 9.67. The molecule has 23 heavy (non-hydrogen) atoms. The maximum absolute atomic E-state index is 12.6. The van der Waals surface area contributed by atoms with E-state index < -0.39 is 0 Å². The molecule has 4 aliphatic carbocycles. The van der Waals surface area contributed by atoms with Gasteiger partial charge >= 0.3 is 0 Å². The summed E-state index contributed by atoms with van der Waals surface area (Å²) in [6.45, 7) is 2.59. The molecule has 0 radical (unpaired) electrons. The zero-order chi connectivity index (χ0) is 16.2. The summed E-state index contributed by atoms with van der Waals surface area (Å²) < 4.78 is 0. The summed E-state index contributed by atoms with van der Waals surface area (Å²) in [7, 11) is 0. The summed E-state index contributed by atoms with van der Waals surface area (Å²) in [6, 6.07) is 0. The van der Waals surface area contributed by atoms with Crippen LogP contribution in [-0.4, -0.2) is 23.3 Å². The molecule has 0 heterocycles. The van der Waals surface area contributed by atoms with Crippen molar-refractivity contribution in [2.45, 2.75) is 71.1 Å². The quantitative estimate of drug-likeness (QED) is 0.847. The molecular weight excluding hydrogens is 288 g/mol. The first kappa shape index (κ1) is 15.8. The van der Waals surface area contributed by atoms with Crippen LogP contribution in [0.15, 0.2) is 0 Å². The second-order valence-corrected chi connectivity index (χ2v) is 9.03. The molecule has 4 fully saturated rings. The van der Waals surface area contributed by atoms with E-state index in [2.05, 4.69) is 6.92 Å². The van der Waals surface area contributed by atoms with Crippen LogP contribution in [0, 0.1) is 34.5 Å². The minimum Gasteiger partial charge on any atom is -0.396 e. The minimum atomic E-state index is -0.205. The molecule has 1 unspecified atom stereocenters. The summed E-state index contributed by atoms with van der Waals surface area (Å²) in [5.41, 5.74) is 0.109. The molecule has 0 aromatic rings. The minimum absolute atomic E-state index is 0.147. The Morgan fingerprint density at radius 2 is 1.87 bits per heavy atom. The molecule has 6 atom stereocenters. The molecule has 4 aliphatic rings. The Bertz CT molecular complexity index is 527. The van der Waals surface area contributed by atoms with Crippen LogP contribution < -0.4 is 0 Å². The number of aliphatic hydroxyl groups excluding tert-OH is 1. The van der Waals surface area contributed by atoms with Crippen molar-refractivity contribution in [3.8, 4) is 0 Å². The van der Waals surface area contributed by atoms with Crippen LogP contribution in [-0.2, 0) is 9.59 Å². The number of rotatable bonds is 2. The molecule has 128 valence electrons. The lowest BCUT2D eigenvalue weighted by Crippen LogP contribution is -2.54. The Balaban J connectivity index is 1.64. The van der Waals surface area contributed by atoms with Gasteiger partial charge in [-0.3, -0.25) is 9.59 Å². The molecule has 0 saturated heterocycles. The molecule has 0 spiro atoms. The number of fused-ring (bicyclic) bond motifs is 5. The van der Waals surface area contributed by atoms with Crippen LogP contribution in [0.4, 0.5) is 0 Å². The number of carbonyl (C=O) groups excluding carboxylic acids is 2. The molecule has 3 nitrogen and oxygen atoms in total. The van der Waals surface area contributed by atoms with E-state index in [-0.39, 0.29) is 12.0 Å². The lowest BCUT2D eigenvalue weighted by molar-refractivity contribution is -0.147. The van der Waals surface area contributed by atoms with Crippen molar-refractivity contribution in [1.29, 1.82) is 0 Å². The van der Waals surface area contributed by atoms with Crippen LogP contribution in [0.1, 0.15) is 71.1 Å². The van der Waals surface area contributed by atoms with Crippen LogP contribution >= 0.6 is 0 Å². The third-order valence-electron chi connectivity index (χ3n) is 8.49. The standard InChI is InChI=1S/C20H30O3/c1-19-8-6-14(22)12-13(19)2-3-15-16(19)7-9-20(10-11-21)17(15)4-5-18(20)23/h13,15-17,21H,2-12H2,1H3/t13?,15-,16+,17+,19+,20-/m1/s1. The molecule has 1 N–H and O–H groups in total. The number of hydrogen-bond donors (Lipinski definition) is 1. The Labute approximate surface area is 139 Å². The predicted octanol–water partition coefficient (Wildman–Crippen LogP) is 3.53. The first-order valence-corrected chi connectivity index (χ1v) is 9.67. The zero-order valence-electron chi connectivity index (χ0n) is 14.4. The van der Waals surface area contributed by atoms with Gasteiger partial charge in [-0.2, -0.15) is 0 Å². The SMILES string of the molecule is C[C@]12CCC(=O)CC1CC[C@H]1[C@@H]3CCC(=O)[C@@]3(CCO)CC[C@@H]12. The van der Waals surface area contributed by atoms with Crippen molar-refractivity contribution in [2.24, 2.45) is 34.5 Å². The maximum atomic E-state index is 12.6. The molecule has 3 heteroatoms. The smallest absolute Gasteiger partial charge is 0.139 e.